The quantitative estimate of drug-likeness (QED) is 0.723. The van der Waals surface area contributed by atoms with Crippen LogP contribution in [0, 0.1) is 0 Å². The minimum Gasteiger partial charge on any atom is -0.481 e. The molecule has 0 radical (unpaired) electrons. The molecule has 0 bridgehead atoms. The second-order valence-electron chi connectivity index (χ2n) is 3.86. The molecule has 1 aromatic rings. The number of hydrogen-bond donors (Lipinski definition) is 1. The fourth-order valence-electron chi connectivity index (χ4n) is 2.04. The lowest BCUT2D eigenvalue weighted by atomic mass is 9.62. The van der Waals surface area contributed by atoms with Crippen LogP contribution in [-0.2, 0) is 10.2 Å². The highest BCUT2D eigenvalue weighted by Crippen LogP contribution is 2.46. The van der Waals surface area contributed by atoms with Gasteiger partial charge in [0, 0.05) is 0 Å². The van der Waals surface area contributed by atoms with Crippen molar-refractivity contribution in [1.29, 1.82) is 0 Å². The Morgan fingerprint density at radius 1 is 1.29 bits per heavy atom. The van der Waals surface area contributed by atoms with Gasteiger partial charge in [-0.05, 0) is 18.4 Å². The summed E-state index contributed by atoms with van der Waals surface area (Å²) >= 11 is 0. The lowest BCUT2D eigenvalue weighted by Gasteiger charge is -2.40. The maximum atomic E-state index is 11.2. The fourth-order valence-corrected chi connectivity index (χ4v) is 2.04. The predicted octanol–water partition coefficient (Wildman–Crippen LogP) is 2.36. The lowest BCUT2D eigenvalue weighted by Crippen LogP contribution is -2.43. The van der Waals surface area contributed by atoms with E-state index in [1.54, 1.807) is 0 Å². The summed E-state index contributed by atoms with van der Waals surface area (Å²) in [5.74, 6) is -0.740. The molecule has 0 aliphatic heterocycles. The van der Waals surface area contributed by atoms with Gasteiger partial charge >= 0.3 is 5.97 Å². The monoisotopic (exact) mass is 188 g/mol. The van der Waals surface area contributed by atoms with E-state index in [-0.39, 0.29) is 0 Å². The van der Waals surface area contributed by atoms with Gasteiger partial charge in [0.05, 0.1) is 0 Å². The van der Waals surface area contributed by atoms with Gasteiger partial charge in [-0.1, -0.05) is 42.5 Å². The van der Waals surface area contributed by atoms with Gasteiger partial charge in [0.1, 0.15) is 5.41 Å². The largest absolute Gasteiger partial charge is 0.481 e. The average Bonchev–Trinajstić information content (AvgIpc) is 2.13. The summed E-state index contributed by atoms with van der Waals surface area (Å²) in [6.07, 6.45) is 1.15. The topological polar surface area (TPSA) is 37.3 Å². The number of benzene rings is 1. The van der Waals surface area contributed by atoms with Crippen LogP contribution in [0.3, 0.4) is 0 Å². The Bertz CT molecular complexity index is 371. The zero-order valence-electron chi connectivity index (χ0n) is 7.86. The van der Waals surface area contributed by atoms with Gasteiger partial charge < -0.3 is 5.11 Å². The van der Waals surface area contributed by atoms with E-state index in [1.807, 2.05) is 30.3 Å². The molecule has 72 valence electrons. The van der Waals surface area contributed by atoms with Gasteiger partial charge in [-0.25, -0.2) is 0 Å². The molecule has 2 rings (SSSR count). The highest BCUT2D eigenvalue weighted by atomic mass is 16.4. The van der Waals surface area contributed by atoms with E-state index < -0.39 is 11.4 Å². The van der Waals surface area contributed by atoms with E-state index >= 15 is 0 Å². The first-order chi connectivity index (χ1) is 6.65. The van der Waals surface area contributed by atoms with Crippen molar-refractivity contribution < 1.29 is 9.90 Å². The van der Waals surface area contributed by atoms with Crippen molar-refractivity contribution in [2.75, 3.05) is 0 Å². The fraction of sp³-hybridized carbons (Fsp3) is 0.250. The van der Waals surface area contributed by atoms with Gasteiger partial charge in [-0.15, -0.1) is 0 Å². The predicted molar refractivity (Wildman–Crippen MR) is 54.1 cm³/mol. The zero-order valence-corrected chi connectivity index (χ0v) is 7.86. The molecule has 1 aromatic carbocycles. The first kappa shape index (κ1) is 9.00. The van der Waals surface area contributed by atoms with Crippen LogP contribution >= 0.6 is 0 Å². The van der Waals surface area contributed by atoms with Crippen molar-refractivity contribution in [2.45, 2.75) is 18.3 Å². The number of carboxylic acid groups (broad SMARTS) is 1. The highest BCUT2D eigenvalue weighted by Gasteiger charge is 2.47. The summed E-state index contributed by atoms with van der Waals surface area (Å²) in [5, 5.41) is 9.21. The Kier molecular flexibility index (Phi) is 1.92. The van der Waals surface area contributed by atoms with Crippen LogP contribution in [0.2, 0.25) is 0 Å². The molecule has 0 unspecified atom stereocenters. The lowest BCUT2D eigenvalue weighted by molar-refractivity contribution is -0.145. The molecule has 1 fully saturated rings. The van der Waals surface area contributed by atoms with Crippen LogP contribution in [0.5, 0.6) is 0 Å². The summed E-state index contributed by atoms with van der Waals surface area (Å²) in [5.41, 5.74) is 1.22. The van der Waals surface area contributed by atoms with Gasteiger partial charge in [-0.3, -0.25) is 4.79 Å². The first-order valence-electron chi connectivity index (χ1n) is 4.61. The molecule has 14 heavy (non-hydrogen) atoms. The van der Waals surface area contributed by atoms with E-state index in [0.29, 0.717) is 12.8 Å². The number of carbonyl (C=O) groups is 1. The van der Waals surface area contributed by atoms with Crippen molar-refractivity contribution in [1.82, 2.24) is 0 Å². The maximum absolute atomic E-state index is 11.2. The second-order valence-corrected chi connectivity index (χ2v) is 3.86. The smallest absolute Gasteiger partial charge is 0.314 e. The van der Waals surface area contributed by atoms with Crippen molar-refractivity contribution in [3.05, 3.63) is 48.0 Å². The molecule has 0 atom stereocenters. The van der Waals surface area contributed by atoms with Crippen LogP contribution in [0.25, 0.3) is 0 Å². The molecular weight excluding hydrogens is 176 g/mol. The minimum atomic E-state index is -0.740. The van der Waals surface area contributed by atoms with Crippen molar-refractivity contribution in [3.8, 4) is 0 Å². The van der Waals surface area contributed by atoms with Crippen molar-refractivity contribution in [3.63, 3.8) is 0 Å². The number of aliphatic carboxylic acids is 1. The average molecular weight is 188 g/mol. The molecule has 1 saturated carbocycles. The minimum absolute atomic E-state index is 0.576. The molecule has 0 saturated heterocycles. The van der Waals surface area contributed by atoms with Crippen LogP contribution in [-0.4, -0.2) is 11.1 Å². The van der Waals surface area contributed by atoms with E-state index in [4.69, 9.17) is 0 Å². The Balaban J connectivity index is 2.39. The van der Waals surface area contributed by atoms with Gasteiger partial charge in [0.2, 0.25) is 0 Å². The first-order valence-corrected chi connectivity index (χ1v) is 4.61. The van der Waals surface area contributed by atoms with E-state index in [2.05, 4.69) is 6.58 Å². The molecule has 0 heterocycles. The molecule has 0 amide bonds. The molecule has 1 aliphatic carbocycles. The van der Waals surface area contributed by atoms with Crippen LogP contribution < -0.4 is 0 Å². The SMILES string of the molecule is C=C1CC(C(=O)O)(c2ccccc2)C1. The summed E-state index contributed by atoms with van der Waals surface area (Å²) in [4.78, 5) is 11.2. The van der Waals surface area contributed by atoms with Crippen molar-refractivity contribution >= 4 is 5.97 Å². The Morgan fingerprint density at radius 3 is 2.29 bits per heavy atom. The molecule has 0 aromatic heterocycles. The van der Waals surface area contributed by atoms with Gasteiger partial charge in [0.25, 0.3) is 0 Å². The van der Waals surface area contributed by atoms with E-state index in [1.165, 1.54) is 0 Å². The van der Waals surface area contributed by atoms with Gasteiger partial charge in [0.15, 0.2) is 0 Å². The van der Waals surface area contributed by atoms with Crippen LogP contribution in [0.15, 0.2) is 42.5 Å². The highest BCUT2D eigenvalue weighted by molar-refractivity contribution is 5.84. The number of carboxylic acids is 1. The second kappa shape index (κ2) is 2.98. The number of allylic oxidation sites excluding steroid dienone is 1. The third-order valence-corrected chi connectivity index (χ3v) is 2.84. The molecule has 0 spiro atoms. The Morgan fingerprint density at radius 2 is 1.86 bits per heavy atom. The number of rotatable bonds is 2. The molecule has 2 heteroatoms. The van der Waals surface area contributed by atoms with Crippen LogP contribution in [0.1, 0.15) is 18.4 Å². The van der Waals surface area contributed by atoms with Crippen LogP contribution in [0.4, 0.5) is 0 Å². The molecule has 1 N–H and O–H groups in total. The summed E-state index contributed by atoms with van der Waals surface area (Å²) in [6, 6.07) is 9.40. The summed E-state index contributed by atoms with van der Waals surface area (Å²) < 4.78 is 0. The van der Waals surface area contributed by atoms with Crippen molar-refractivity contribution in [2.24, 2.45) is 0 Å². The number of hydrogen-bond acceptors (Lipinski definition) is 1. The normalized spacial score (nSPS) is 18.7. The summed E-state index contributed by atoms with van der Waals surface area (Å²) in [6.45, 7) is 3.80. The standard InChI is InChI=1S/C12H12O2/c1-9-7-12(8-9,11(13)14)10-5-3-2-4-6-10/h2-6H,1,7-8H2,(H,13,14). The van der Waals surface area contributed by atoms with Gasteiger partial charge in [-0.2, -0.15) is 0 Å². The Hall–Kier alpha value is -1.57. The molecule has 2 nitrogen and oxygen atoms in total. The molecular formula is C12H12O2. The van der Waals surface area contributed by atoms with E-state index in [0.717, 1.165) is 11.1 Å². The third-order valence-electron chi connectivity index (χ3n) is 2.84. The molecule has 1 aliphatic rings. The Labute approximate surface area is 82.9 Å². The summed E-state index contributed by atoms with van der Waals surface area (Å²) in [7, 11) is 0. The third kappa shape index (κ3) is 1.15. The van der Waals surface area contributed by atoms with E-state index in [9.17, 15) is 9.90 Å². The zero-order chi connectivity index (χ0) is 10.2. The maximum Gasteiger partial charge on any atom is 0.314 e.